The fourth-order valence-electron chi connectivity index (χ4n) is 6.35. The van der Waals surface area contributed by atoms with Crippen LogP contribution in [0.2, 0.25) is 16.9 Å². The molecule has 320 valence electrons. The van der Waals surface area contributed by atoms with Crippen molar-refractivity contribution in [3.05, 3.63) is 127 Å². The molecule has 2 amide bonds. The number of fused-ring (bicyclic) bond motifs is 2. The Hall–Kier alpha value is -4.12. The maximum atomic E-state index is 14.6. The van der Waals surface area contributed by atoms with Crippen molar-refractivity contribution in [3.63, 3.8) is 0 Å². The molecule has 6 rings (SSSR count). The largest absolute Gasteiger partial charge is 0.437 e. The second-order valence-corrected chi connectivity index (χ2v) is 17.1. The summed E-state index contributed by atoms with van der Waals surface area (Å²) in [4.78, 5) is 25.3. The molecular formula is C37H43BCl2F4N6O7S2. The van der Waals surface area contributed by atoms with E-state index in [0.717, 1.165) is 28.5 Å². The lowest BCUT2D eigenvalue weighted by Crippen LogP contribution is -2.46. The molecule has 0 fully saturated rings. The number of nitrogens with one attached hydrogen (secondary N) is 5. The van der Waals surface area contributed by atoms with Crippen molar-refractivity contribution in [2.24, 2.45) is 0 Å². The van der Waals surface area contributed by atoms with Crippen LogP contribution < -0.4 is 24.8 Å². The number of hydrogen-bond acceptors (Lipinski definition) is 7. The Bertz CT molecular complexity index is 2450. The number of nitrogens with zero attached hydrogens (tertiary/aromatic N) is 1. The molecule has 22 heteroatoms. The average molecular weight is 906 g/mol. The summed E-state index contributed by atoms with van der Waals surface area (Å²) in [6.45, 7) is 1.28. The quantitative estimate of drug-likeness (QED) is 0.0697. The molecule has 2 aliphatic carbocycles. The van der Waals surface area contributed by atoms with Crippen LogP contribution in [0.5, 0.6) is 0 Å². The standard InChI is InChI=1S/C18H19BClF2N3O4S.C17H16ClF2N3O3S.2CH4/c1-19(27)25(2)30(28,29)24-16-8-5-11-12(4-7-15(22)17(11)16)18(26)23-10-3-6-14(21)13(20)9-10;1-21-27(25,26)23-15-7-4-10-11(3-6-14(20)16(10)15)17(24)22-9-2-5-13(19)12(18)8-9;;/h3-4,6-7,9,16,24,27H,5,8H2,1-2H3,(H,23,26);2-3,5-6,8,15,21,23H,4,7H2,1H3,(H,22,24);2*1H4/t16-;15-;;/m00../s1. The zero-order chi connectivity index (χ0) is 42.0. The number of anilines is 2. The lowest BCUT2D eigenvalue weighted by molar-refractivity contribution is 0.101. The molecule has 0 bridgehead atoms. The van der Waals surface area contributed by atoms with Gasteiger partial charge in [-0.2, -0.15) is 26.3 Å². The van der Waals surface area contributed by atoms with Crippen LogP contribution in [0, 0.1) is 23.3 Å². The van der Waals surface area contributed by atoms with Gasteiger partial charge in [0.2, 0.25) is 0 Å². The van der Waals surface area contributed by atoms with Crippen LogP contribution in [0.3, 0.4) is 0 Å². The van der Waals surface area contributed by atoms with Gasteiger partial charge in [0.05, 0.1) is 22.1 Å². The Morgan fingerprint density at radius 3 is 1.47 bits per heavy atom. The summed E-state index contributed by atoms with van der Waals surface area (Å²) >= 11 is 11.4. The van der Waals surface area contributed by atoms with E-state index in [1.54, 1.807) is 0 Å². The predicted molar refractivity (Wildman–Crippen MR) is 222 cm³/mol. The molecule has 0 heterocycles. The second-order valence-electron chi connectivity index (χ2n) is 12.9. The summed E-state index contributed by atoms with van der Waals surface area (Å²) in [6.07, 6.45) is 1.16. The number of halogens is 6. The first-order valence-electron chi connectivity index (χ1n) is 17.0. The van der Waals surface area contributed by atoms with Gasteiger partial charge in [0.25, 0.3) is 32.2 Å². The molecule has 13 nitrogen and oxygen atoms in total. The summed E-state index contributed by atoms with van der Waals surface area (Å²) in [5.74, 6) is -3.56. The first-order valence-corrected chi connectivity index (χ1v) is 20.7. The molecule has 0 radical (unpaired) electrons. The molecule has 4 aromatic carbocycles. The van der Waals surface area contributed by atoms with Crippen molar-refractivity contribution in [2.45, 2.75) is 59.4 Å². The topological polar surface area (TPSA) is 186 Å². The minimum atomic E-state index is -4.08. The normalized spacial score (nSPS) is 15.5. The first kappa shape index (κ1) is 49.2. The van der Waals surface area contributed by atoms with Crippen molar-refractivity contribution in [1.29, 1.82) is 0 Å². The van der Waals surface area contributed by atoms with Crippen LogP contribution in [-0.4, -0.2) is 59.0 Å². The summed E-state index contributed by atoms with van der Waals surface area (Å²) in [5, 5.41) is 14.4. The van der Waals surface area contributed by atoms with Gasteiger partial charge in [0.15, 0.2) is 0 Å². The molecule has 6 N–H and O–H groups in total. The van der Waals surface area contributed by atoms with E-state index >= 15 is 0 Å². The van der Waals surface area contributed by atoms with E-state index in [9.17, 15) is 49.0 Å². The van der Waals surface area contributed by atoms with Gasteiger partial charge in [0, 0.05) is 40.7 Å². The summed E-state index contributed by atoms with van der Waals surface area (Å²) in [6, 6.07) is 10.6. The second kappa shape index (κ2) is 20.0. The Morgan fingerprint density at radius 1 is 0.712 bits per heavy atom. The van der Waals surface area contributed by atoms with Crippen molar-refractivity contribution in [3.8, 4) is 0 Å². The number of carbonyl (C=O) groups is 2. The van der Waals surface area contributed by atoms with Gasteiger partial charge in [-0.15, -0.1) is 0 Å². The van der Waals surface area contributed by atoms with Crippen LogP contribution in [0.4, 0.5) is 28.9 Å². The molecule has 0 aromatic heterocycles. The van der Waals surface area contributed by atoms with Crippen molar-refractivity contribution in [2.75, 3.05) is 24.7 Å². The van der Waals surface area contributed by atoms with E-state index < -0.39 is 74.6 Å². The monoisotopic (exact) mass is 904 g/mol. The molecule has 59 heavy (non-hydrogen) atoms. The summed E-state index contributed by atoms with van der Waals surface area (Å²) in [5.41, 5.74) is 2.00. The van der Waals surface area contributed by atoms with E-state index in [0.29, 0.717) is 24.0 Å². The maximum absolute atomic E-state index is 14.6. The highest BCUT2D eigenvalue weighted by Crippen LogP contribution is 2.38. The third kappa shape index (κ3) is 11.4. The Labute approximate surface area is 351 Å². The molecule has 0 saturated carbocycles. The van der Waals surface area contributed by atoms with Crippen molar-refractivity contribution < 1.29 is 49.0 Å². The number of benzene rings is 4. The smallest absolute Gasteiger partial charge is 0.391 e. The van der Waals surface area contributed by atoms with Crippen LogP contribution in [0.15, 0.2) is 60.7 Å². The first-order chi connectivity index (χ1) is 26.7. The van der Waals surface area contributed by atoms with E-state index in [1.807, 2.05) is 0 Å². The van der Waals surface area contributed by atoms with Gasteiger partial charge in [-0.3, -0.25) is 9.59 Å². The molecule has 2 atom stereocenters. The molecule has 0 spiro atoms. The highest BCUT2D eigenvalue weighted by Gasteiger charge is 2.36. The Balaban J connectivity index is 0.000000306. The van der Waals surface area contributed by atoms with Crippen LogP contribution in [0.1, 0.15) is 82.7 Å². The van der Waals surface area contributed by atoms with E-state index in [-0.39, 0.29) is 71.4 Å². The lowest BCUT2D eigenvalue weighted by atomic mass is 9.90. The number of hydrogen-bond donors (Lipinski definition) is 6. The maximum Gasteiger partial charge on any atom is 0.391 e. The van der Waals surface area contributed by atoms with E-state index in [1.165, 1.54) is 57.3 Å². The zero-order valence-electron chi connectivity index (χ0n) is 30.3. The molecule has 0 unspecified atom stereocenters. The van der Waals surface area contributed by atoms with E-state index in [4.69, 9.17) is 23.2 Å². The number of rotatable bonds is 11. The fraction of sp³-hybridized carbons (Fsp3) is 0.297. The molecule has 2 aliphatic rings. The van der Waals surface area contributed by atoms with Crippen LogP contribution in [0.25, 0.3) is 0 Å². The van der Waals surface area contributed by atoms with Crippen LogP contribution in [-0.2, 0) is 33.3 Å². The molecule has 4 aromatic rings. The zero-order valence-corrected chi connectivity index (χ0v) is 33.4. The minimum Gasteiger partial charge on any atom is -0.437 e. The van der Waals surface area contributed by atoms with Crippen LogP contribution >= 0.6 is 23.2 Å². The molecule has 0 aliphatic heterocycles. The van der Waals surface area contributed by atoms with Gasteiger partial charge >= 0.3 is 7.05 Å². The van der Waals surface area contributed by atoms with Gasteiger partial charge < -0.3 is 15.7 Å². The predicted octanol–water partition coefficient (Wildman–Crippen LogP) is 6.92. The summed E-state index contributed by atoms with van der Waals surface area (Å²) < 4.78 is 111. The van der Waals surface area contributed by atoms with Crippen molar-refractivity contribution >= 4 is 73.9 Å². The van der Waals surface area contributed by atoms with Gasteiger partial charge in [-0.25, -0.2) is 26.5 Å². The molecule has 0 saturated heterocycles. The van der Waals surface area contributed by atoms with Gasteiger partial charge in [-0.05, 0) is 111 Å². The fourth-order valence-corrected chi connectivity index (χ4v) is 8.60. The van der Waals surface area contributed by atoms with Gasteiger partial charge in [0.1, 0.15) is 23.3 Å². The third-order valence-corrected chi connectivity index (χ3v) is 12.6. The number of carbonyl (C=O) groups excluding carboxylic acids is 2. The lowest BCUT2D eigenvalue weighted by Gasteiger charge is -2.22. The van der Waals surface area contributed by atoms with Gasteiger partial charge in [-0.1, -0.05) is 38.1 Å². The van der Waals surface area contributed by atoms with Crippen molar-refractivity contribution in [1.82, 2.24) is 18.4 Å². The highest BCUT2D eigenvalue weighted by molar-refractivity contribution is 7.88. The SMILES string of the molecule is C.C.CB(O)N(C)S(=O)(=O)N[C@H]1CCc2c(C(=O)Nc3ccc(F)c(Cl)c3)ccc(F)c21.CNS(=O)(=O)N[C@H]1CCc2c(C(=O)Nc3ccc(F)c(Cl)c3)ccc(F)c21. The Kier molecular flexibility index (Phi) is 16.7. The van der Waals surface area contributed by atoms with E-state index in [2.05, 4.69) is 24.8 Å². The average Bonchev–Trinajstić information content (AvgIpc) is 3.76. The highest BCUT2D eigenvalue weighted by atomic mass is 35.5. The third-order valence-electron chi connectivity index (χ3n) is 9.28. The minimum absolute atomic E-state index is 0. The molecular weight excluding hydrogens is 862 g/mol. The number of amides is 2. The Morgan fingerprint density at radius 2 is 1.10 bits per heavy atom. The summed E-state index contributed by atoms with van der Waals surface area (Å²) in [7, 11) is -6.68.